The van der Waals surface area contributed by atoms with Crippen LogP contribution in [-0.2, 0) is 10.2 Å². The van der Waals surface area contributed by atoms with Crippen LogP contribution < -0.4 is 15.2 Å². The first-order valence-electron chi connectivity index (χ1n) is 10.2. The quantitative estimate of drug-likeness (QED) is 0.577. The molecule has 0 heterocycles. The molecule has 0 saturated heterocycles. The number of hydrogen-bond acceptors (Lipinski definition) is 5. The number of hydrogen-bond donors (Lipinski definition) is 1. The molecule has 0 aliphatic heterocycles. The van der Waals surface area contributed by atoms with Crippen LogP contribution in [0.15, 0.2) is 103 Å². The van der Waals surface area contributed by atoms with Crippen LogP contribution in [0.2, 0.25) is 0 Å². The highest BCUT2D eigenvalue weighted by Crippen LogP contribution is 2.51. The standard InChI is InChI=1S/C27H19N3O3/c28-17-32-22-12-8-20(9-13-22)27(21-10-14-23(15-11-21)33-18-29)16-4-7-24(26(30)31)25(27)19-5-2-1-3-6-19/h1-16,25H,(H2,30,31). The van der Waals surface area contributed by atoms with Crippen molar-refractivity contribution in [2.45, 2.75) is 11.3 Å². The van der Waals surface area contributed by atoms with E-state index in [0.29, 0.717) is 17.1 Å². The number of amides is 1. The first kappa shape index (κ1) is 21.4. The second-order valence-corrected chi connectivity index (χ2v) is 7.49. The highest BCUT2D eigenvalue weighted by molar-refractivity contribution is 5.95. The zero-order valence-corrected chi connectivity index (χ0v) is 17.5. The summed E-state index contributed by atoms with van der Waals surface area (Å²) in [6.45, 7) is 0. The number of ether oxygens (including phenoxy) is 2. The second-order valence-electron chi connectivity index (χ2n) is 7.49. The molecule has 0 aromatic heterocycles. The molecule has 1 atom stereocenters. The molecule has 3 aromatic rings. The van der Waals surface area contributed by atoms with E-state index in [1.807, 2.05) is 66.7 Å². The van der Waals surface area contributed by atoms with Crippen molar-refractivity contribution in [2.24, 2.45) is 5.73 Å². The molecule has 33 heavy (non-hydrogen) atoms. The Morgan fingerprint density at radius 1 is 0.818 bits per heavy atom. The van der Waals surface area contributed by atoms with Crippen molar-refractivity contribution in [3.63, 3.8) is 0 Å². The predicted octanol–water partition coefficient (Wildman–Crippen LogP) is 4.46. The first-order valence-corrected chi connectivity index (χ1v) is 10.2. The Bertz CT molecular complexity index is 1240. The van der Waals surface area contributed by atoms with Gasteiger partial charge in [0.15, 0.2) is 0 Å². The smallest absolute Gasteiger partial charge is 0.292 e. The highest BCUT2D eigenvalue weighted by atomic mass is 16.5. The normalized spacial score (nSPS) is 16.1. The van der Waals surface area contributed by atoms with E-state index >= 15 is 0 Å². The summed E-state index contributed by atoms with van der Waals surface area (Å²) in [6, 6.07) is 24.0. The molecule has 160 valence electrons. The van der Waals surface area contributed by atoms with Crippen molar-refractivity contribution in [1.82, 2.24) is 0 Å². The summed E-state index contributed by atoms with van der Waals surface area (Å²) >= 11 is 0. The van der Waals surface area contributed by atoms with Gasteiger partial charge in [0.25, 0.3) is 12.5 Å². The van der Waals surface area contributed by atoms with Gasteiger partial charge in [-0.1, -0.05) is 72.8 Å². The summed E-state index contributed by atoms with van der Waals surface area (Å²) in [5, 5.41) is 17.7. The molecule has 3 aromatic carbocycles. The molecule has 2 N–H and O–H groups in total. The van der Waals surface area contributed by atoms with Crippen LogP contribution in [0.25, 0.3) is 0 Å². The van der Waals surface area contributed by atoms with Crippen LogP contribution in [0.5, 0.6) is 11.5 Å². The summed E-state index contributed by atoms with van der Waals surface area (Å²) in [5.74, 6) is -0.107. The van der Waals surface area contributed by atoms with Crippen molar-refractivity contribution >= 4 is 5.91 Å². The lowest BCUT2D eigenvalue weighted by Gasteiger charge is -2.42. The van der Waals surface area contributed by atoms with E-state index in [2.05, 4.69) is 0 Å². The van der Waals surface area contributed by atoms with Gasteiger partial charge in [-0.3, -0.25) is 4.79 Å². The summed E-state index contributed by atoms with van der Waals surface area (Å²) in [6.07, 6.45) is 8.97. The fourth-order valence-corrected chi connectivity index (χ4v) is 4.45. The Morgan fingerprint density at radius 3 is 1.79 bits per heavy atom. The van der Waals surface area contributed by atoms with E-state index in [1.54, 1.807) is 42.9 Å². The average Bonchev–Trinajstić information content (AvgIpc) is 2.85. The van der Waals surface area contributed by atoms with Gasteiger partial charge in [0.2, 0.25) is 5.91 Å². The van der Waals surface area contributed by atoms with Gasteiger partial charge in [-0.15, -0.1) is 10.5 Å². The molecule has 1 aliphatic rings. The fraction of sp³-hybridized carbons (Fsp3) is 0.0741. The van der Waals surface area contributed by atoms with Gasteiger partial charge >= 0.3 is 0 Å². The summed E-state index contributed by atoms with van der Waals surface area (Å²) < 4.78 is 9.91. The Labute approximate surface area is 191 Å². The molecule has 6 heteroatoms. The minimum Gasteiger partial charge on any atom is -0.388 e. The third-order valence-electron chi connectivity index (χ3n) is 5.81. The lowest BCUT2D eigenvalue weighted by molar-refractivity contribution is -0.115. The van der Waals surface area contributed by atoms with Gasteiger partial charge in [0.1, 0.15) is 11.5 Å². The zero-order chi connectivity index (χ0) is 23.3. The third-order valence-corrected chi connectivity index (χ3v) is 5.81. The number of carbonyl (C=O) groups is 1. The van der Waals surface area contributed by atoms with Gasteiger partial charge in [-0.2, -0.15) is 0 Å². The number of rotatable bonds is 6. The topological polar surface area (TPSA) is 109 Å². The first-order chi connectivity index (χ1) is 16.1. The molecule has 1 amide bonds. The van der Waals surface area contributed by atoms with Crippen molar-refractivity contribution in [3.8, 4) is 24.0 Å². The van der Waals surface area contributed by atoms with Gasteiger partial charge in [0, 0.05) is 16.9 Å². The average molecular weight is 433 g/mol. The lowest BCUT2D eigenvalue weighted by Crippen LogP contribution is -2.39. The van der Waals surface area contributed by atoms with Gasteiger partial charge in [0.05, 0.1) is 0 Å². The molecule has 1 unspecified atom stereocenters. The van der Waals surface area contributed by atoms with Gasteiger partial charge in [-0.05, 0) is 41.0 Å². The number of nitrogens with zero attached hydrogens (tertiary/aromatic N) is 2. The number of benzene rings is 3. The van der Waals surface area contributed by atoms with Gasteiger partial charge < -0.3 is 15.2 Å². The molecule has 0 bridgehead atoms. The van der Waals surface area contributed by atoms with Crippen molar-refractivity contribution in [1.29, 1.82) is 10.5 Å². The molecular weight excluding hydrogens is 414 g/mol. The van der Waals surface area contributed by atoms with Crippen LogP contribution in [0.4, 0.5) is 0 Å². The maximum atomic E-state index is 12.6. The molecular formula is C27H19N3O3. The Balaban J connectivity index is 1.99. The Kier molecular flexibility index (Phi) is 5.93. The molecule has 4 rings (SSSR count). The molecule has 0 saturated carbocycles. The van der Waals surface area contributed by atoms with Crippen molar-refractivity contribution in [2.75, 3.05) is 0 Å². The van der Waals surface area contributed by atoms with Gasteiger partial charge in [-0.25, -0.2) is 0 Å². The zero-order valence-electron chi connectivity index (χ0n) is 17.5. The van der Waals surface area contributed by atoms with Crippen LogP contribution in [0, 0.1) is 23.0 Å². The second kappa shape index (κ2) is 9.13. The van der Waals surface area contributed by atoms with Crippen LogP contribution >= 0.6 is 0 Å². The largest absolute Gasteiger partial charge is 0.388 e. The maximum absolute atomic E-state index is 12.6. The fourth-order valence-electron chi connectivity index (χ4n) is 4.45. The number of allylic oxidation sites excluding steroid dienone is 3. The molecule has 6 nitrogen and oxygen atoms in total. The van der Waals surface area contributed by atoms with E-state index in [1.165, 1.54) is 0 Å². The number of carbonyl (C=O) groups excluding carboxylic acids is 1. The predicted molar refractivity (Wildman–Crippen MR) is 122 cm³/mol. The minimum absolute atomic E-state index is 0.413. The molecule has 1 aliphatic carbocycles. The third kappa shape index (κ3) is 3.94. The lowest BCUT2D eigenvalue weighted by atomic mass is 9.59. The van der Waals surface area contributed by atoms with E-state index in [4.69, 9.17) is 25.7 Å². The number of nitrogens with two attached hydrogens (primary N) is 1. The van der Waals surface area contributed by atoms with Crippen molar-refractivity contribution in [3.05, 3.63) is 119 Å². The summed E-state index contributed by atoms with van der Waals surface area (Å²) in [5.41, 5.74) is 8.17. The molecule has 0 spiro atoms. The van der Waals surface area contributed by atoms with E-state index in [9.17, 15) is 4.79 Å². The van der Waals surface area contributed by atoms with Crippen LogP contribution in [0.1, 0.15) is 22.6 Å². The number of primary amides is 1. The molecule has 0 radical (unpaired) electrons. The monoisotopic (exact) mass is 433 g/mol. The highest BCUT2D eigenvalue weighted by Gasteiger charge is 2.45. The minimum atomic E-state index is -0.809. The molecule has 0 fully saturated rings. The number of nitriles is 2. The van der Waals surface area contributed by atoms with E-state index in [-0.39, 0.29) is 0 Å². The summed E-state index contributed by atoms with van der Waals surface area (Å²) in [4.78, 5) is 12.6. The van der Waals surface area contributed by atoms with Crippen LogP contribution in [-0.4, -0.2) is 5.91 Å². The summed E-state index contributed by atoms with van der Waals surface area (Å²) in [7, 11) is 0. The van der Waals surface area contributed by atoms with E-state index in [0.717, 1.165) is 16.7 Å². The van der Waals surface area contributed by atoms with E-state index < -0.39 is 17.2 Å². The maximum Gasteiger partial charge on any atom is 0.292 e. The Hall–Kier alpha value is -4.81. The van der Waals surface area contributed by atoms with Crippen molar-refractivity contribution < 1.29 is 14.3 Å². The van der Waals surface area contributed by atoms with Crippen LogP contribution in [0.3, 0.4) is 0 Å². The Morgan fingerprint density at radius 2 is 1.33 bits per heavy atom. The SMILES string of the molecule is N#COc1ccc(C2(c3ccc(OC#N)cc3)C=CC=C(C(N)=O)C2c2ccccc2)cc1.